The summed E-state index contributed by atoms with van der Waals surface area (Å²) in [7, 11) is 0. The molecule has 0 atom stereocenters. The summed E-state index contributed by atoms with van der Waals surface area (Å²) in [5, 5.41) is 0. The molecule has 0 amide bonds. The minimum Gasteiger partial charge on any atom is -0.467 e. The van der Waals surface area contributed by atoms with Gasteiger partial charge in [0.25, 0.3) is 0 Å². The van der Waals surface area contributed by atoms with Crippen LogP contribution in [0.2, 0.25) is 0 Å². The van der Waals surface area contributed by atoms with Crippen molar-refractivity contribution in [1.82, 2.24) is 9.55 Å². The molecule has 0 N–H and O–H groups in total. The molecule has 0 aliphatic rings. The van der Waals surface area contributed by atoms with Gasteiger partial charge < -0.3 is 8.98 Å². The number of rotatable bonds is 2. The van der Waals surface area contributed by atoms with Crippen LogP contribution in [-0.2, 0) is 6.54 Å². The first-order valence-electron chi connectivity index (χ1n) is 5.29. The van der Waals surface area contributed by atoms with Gasteiger partial charge in [-0.25, -0.2) is 4.98 Å². The van der Waals surface area contributed by atoms with Crippen molar-refractivity contribution >= 4 is 11.0 Å². The van der Waals surface area contributed by atoms with Crippen molar-refractivity contribution in [1.29, 1.82) is 0 Å². The molecule has 3 rings (SSSR count). The topological polar surface area (TPSA) is 31.0 Å². The fraction of sp³-hybridized carbons (Fsp3) is 0.154. The lowest BCUT2D eigenvalue weighted by Gasteiger charge is -2.03. The third-order valence-electron chi connectivity index (χ3n) is 2.74. The highest BCUT2D eigenvalue weighted by molar-refractivity contribution is 5.75. The van der Waals surface area contributed by atoms with E-state index < -0.39 is 0 Å². The normalized spacial score (nSPS) is 11.1. The van der Waals surface area contributed by atoms with Crippen LogP contribution >= 0.6 is 0 Å². The van der Waals surface area contributed by atoms with Crippen LogP contribution in [0.3, 0.4) is 0 Å². The Labute approximate surface area is 93.3 Å². The minimum atomic E-state index is 0.735. The molecule has 80 valence electrons. The van der Waals surface area contributed by atoms with Crippen LogP contribution in [-0.4, -0.2) is 9.55 Å². The molecule has 0 saturated carbocycles. The number of benzene rings is 1. The van der Waals surface area contributed by atoms with Gasteiger partial charge >= 0.3 is 0 Å². The van der Waals surface area contributed by atoms with E-state index in [1.54, 1.807) is 6.26 Å². The van der Waals surface area contributed by atoms with E-state index in [0.29, 0.717) is 0 Å². The first kappa shape index (κ1) is 9.21. The average molecular weight is 212 g/mol. The minimum absolute atomic E-state index is 0.735. The predicted molar refractivity (Wildman–Crippen MR) is 62.3 cm³/mol. The molecule has 0 spiro atoms. The molecular weight excluding hydrogens is 200 g/mol. The van der Waals surface area contributed by atoms with E-state index in [1.807, 2.05) is 37.3 Å². The SMILES string of the molecule is Cc1nc2ccccc2n1Cc1ccco1. The molecule has 0 aliphatic carbocycles. The quantitative estimate of drug-likeness (QED) is 0.653. The van der Waals surface area contributed by atoms with Crippen LogP contribution in [0.4, 0.5) is 0 Å². The molecule has 1 aromatic carbocycles. The number of para-hydroxylation sites is 2. The van der Waals surface area contributed by atoms with Gasteiger partial charge in [0.05, 0.1) is 23.8 Å². The highest BCUT2D eigenvalue weighted by atomic mass is 16.3. The second kappa shape index (κ2) is 3.52. The highest BCUT2D eigenvalue weighted by Crippen LogP contribution is 2.17. The molecular formula is C13H12N2O. The van der Waals surface area contributed by atoms with E-state index in [9.17, 15) is 0 Å². The van der Waals surface area contributed by atoms with Crippen LogP contribution < -0.4 is 0 Å². The van der Waals surface area contributed by atoms with Gasteiger partial charge in [-0.05, 0) is 31.2 Å². The lowest BCUT2D eigenvalue weighted by molar-refractivity contribution is 0.494. The molecule has 3 aromatic rings. The first-order valence-corrected chi connectivity index (χ1v) is 5.29. The summed E-state index contributed by atoms with van der Waals surface area (Å²) in [4.78, 5) is 4.51. The summed E-state index contributed by atoms with van der Waals surface area (Å²) in [6.07, 6.45) is 1.70. The summed E-state index contributed by atoms with van der Waals surface area (Å²) >= 11 is 0. The van der Waals surface area contributed by atoms with Crippen molar-refractivity contribution in [2.24, 2.45) is 0 Å². The standard InChI is InChI=1S/C13H12N2O/c1-10-14-12-6-2-3-7-13(12)15(10)9-11-5-4-8-16-11/h2-8H,9H2,1H3. The smallest absolute Gasteiger partial charge is 0.123 e. The lowest BCUT2D eigenvalue weighted by atomic mass is 10.3. The summed E-state index contributed by atoms with van der Waals surface area (Å²) in [5.41, 5.74) is 2.18. The Morgan fingerprint density at radius 3 is 2.88 bits per heavy atom. The zero-order valence-corrected chi connectivity index (χ0v) is 9.05. The monoisotopic (exact) mass is 212 g/mol. The van der Waals surface area contributed by atoms with E-state index in [0.717, 1.165) is 29.2 Å². The maximum absolute atomic E-state index is 5.36. The number of nitrogens with zero attached hydrogens (tertiary/aromatic N) is 2. The Kier molecular flexibility index (Phi) is 2.03. The number of hydrogen-bond donors (Lipinski definition) is 0. The van der Waals surface area contributed by atoms with Gasteiger partial charge in [0.15, 0.2) is 0 Å². The van der Waals surface area contributed by atoms with Gasteiger partial charge in [0, 0.05) is 0 Å². The number of fused-ring (bicyclic) bond motifs is 1. The third kappa shape index (κ3) is 1.41. The molecule has 2 aromatic heterocycles. The Balaban J connectivity index is 2.12. The van der Waals surface area contributed by atoms with Crippen molar-refractivity contribution in [3.8, 4) is 0 Å². The van der Waals surface area contributed by atoms with Gasteiger partial charge in [0.2, 0.25) is 0 Å². The highest BCUT2D eigenvalue weighted by Gasteiger charge is 2.07. The zero-order valence-electron chi connectivity index (χ0n) is 9.05. The number of hydrogen-bond acceptors (Lipinski definition) is 2. The zero-order chi connectivity index (χ0) is 11.0. The first-order chi connectivity index (χ1) is 7.84. The number of imidazole rings is 1. The number of aromatic nitrogens is 2. The van der Waals surface area contributed by atoms with Gasteiger partial charge in [0.1, 0.15) is 11.6 Å². The summed E-state index contributed by atoms with van der Waals surface area (Å²) < 4.78 is 7.52. The average Bonchev–Trinajstić information content (AvgIpc) is 2.89. The molecule has 0 bridgehead atoms. The van der Waals surface area contributed by atoms with Gasteiger partial charge in [-0.1, -0.05) is 12.1 Å². The third-order valence-corrected chi connectivity index (χ3v) is 2.74. The van der Waals surface area contributed by atoms with Crippen molar-refractivity contribution < 1.29 is 4.42 Å². The number of furan rings is 1. The summed E-state index contributed by atoms with van der Waals surface area (Å²) in [6.45, 7) is 2.75. The van der Waals surface area contributed by atoms with E-state index in [2.05, 4.69) is 15.6 Å². The van der Waals surface area contributed by atoms with Crippen LogP contribution in [0.15, 0.2) is 47.1 Å². The molecule has 16 heavy (non-hydrogen) atoms. The van der Waals surface area contributed by atoms with Crippen molar-refractivity contribution in [2.45, 2.75) is 13.5 Å². The van der Waals surface area contributed by atoms with Crippen LogP contribution in [0.5, 0.6) is 0 Å². The lowest BCUT2D eigenvalue weighted by Crippen LogP contribution is -2.00. The van der Waals surface area contributed by atoms with E-state index in [1.165, 1.54) is 0 Å². The maximum atomic E-state index is 5.36. The Bertz CT molecular complexity index is 608. The predicted octanol–water partition coefficient (Wildman–Crippen LogP) is 2.99. The molecule has 3 nitrogen and oxygen atoms in total. The second-order valence-corrected chi connectivity index (χ2v) is 3.81. The van der Waals surface area contributed by atoms with Crippen LogP contribution in [0.25, 0.3) is 11.0 Å². The fourth-order valence-electron chi connectivity index (χ4n) is 1.95. The Morgan fingerprint density at radius 2 is 2.06 bits per heavy atom. The Hall–Kier alpha value is -2.03. The second-order valence-electron chi connectivity index (χ2n) is 3.81. The number of aryl methyl sites for hydroxylation is 1. The molecule has 2 heterocycles. The van der Waals surface area contributed by atoms with Crippen molar-refractivity contribution in [2.75, 3.05) is 0 Å². The summed E-state index contributed by atoms with van der Waals surface area (Å²) in [5.74, 6) is 1.96. The fourth-order valence-corrected chi connectivity index (χ4v) is 1.95. The van der Waals surface area contributed by atoms with E-state index in [4.69, 9.17) is 4.42 Å². The molecule has 0 fully saturated rings. The van der Waals surface area contributed by atoms with Gasteiger partial charge in [-0.15, -0.1) is 0 Å². The van der Waals surface area contributed by atoms with Gasteiger partial charge in [-0.2, -0.15) is 0 Å². The van der Waals surface area contributed by atoms with E-state index in [-0.39, 0.29) is 0 Å². The molecule has 0 unspecified atom stereocenters. The van der Waals surface area contributed by atoms with Crippen molar-refractivity contribution in [3.05, 3.63) is 54.2 Å². The molecule has 3 heteroatoms. The molecule has 0 radical (unpaired) electrons. The molecule has 0 aliphatic heterocycles. The van der Waals surface area contributed by atoms with Crippen LogP contribution in [0.1, 0.15) is 11.6 Å². The van der Waals surface area contributed by atoms with Crippen LogP contribution in [0, 0.1) is 6.92 Å². The Morgan fingerprint density at radius 1 is 1.19 bits per heavy atom. The maximum Gasteiger partial charge on any atom is 0.123 e. The van der Waals surface area contributed by atoms with Crippen molar-refractivity contribution in [3.63, 3.8) is 0 Å². The van der Waals surface area contributed by atoms with E-state index >= 15 is 0 Å². The summed E-state index contributed by atoms with van der Waals surface area (Å²) in [6, 6.07) is 12.0. The largest absolute Gasteiger partial charge is 0.467 e. The molecule has 0 saturated heterocycles. The van der Waals surface area contributed by atoms with Gasteiger partial charge in [-0.3, -0.25) is 0 Å².